The molecule has 6 aromatic carbocycles. The van der Waals surface area contributed by atoms with Crippen LogP contribution in [-0.4, -0.2) is 9.13 Å². The maximum absolute atomic E-state index is 7.75. The average molecular weight is 636 g/mol. The van der Waals surface area contributed by atoms with Crippen LogP contribution in [0.4, 0.5) is 5.69 Å². The van der Waals surface area contributed by atoms with Crippen molar-refractivity contribution < 1.29 is 4.42 Å². The highest BCUT2D eigenvalue weighted by molar-refractivity contribution is 6.13. The van der Waals surface area contributed by atoms with Crippen molar-refractivity contribution in [1.29, 1.82) is 0 Å². The third-order valence-corrected chi connectivity index (χ3v) is 10.5. The Labute approximate surface area is 285 Å². The number of fused-ring (bicyclic) bond motifs is 9. The van der Waals surface area contributed by atoms with Crippen LogP contribution in [0.3, 0.4) is 0 Å². The summed E-state index contributed by atoms with van der Waals surface area (Å²) in [6, 6.07) is 43.5. The van der Waals surface area contributed by atoms with Crippen molar-refractivity contribution in [1.82, 2.24) is 9.13 Å². The molecule has 0 radical (unpaired) electrons. The Balaban J connectivity index is 1.23. The molecule has 0 spiro atoms. The number of unbranched alkanes of at least 4 members (excludes halogenated alkanes) is 1. The van der Waals surface area contributed by atoms with Crippen LogP contribution in [-0.2, 0) is 6.42 Å². The minimum Gasteiger partial charge on any atom is -0.456 e. The Bertz CT molecular complexity index is 2750. The summed E-state index contributed by atoms with van der Waals surface area (Å²) in [7, 11) is 0. The van der Waals surface area contributed by atoms with Gasteiger partial charge in [0.05, 0.1) is 28.6 Å². The summed E-state index contributed by atoms with van der Waals surface area (Å²) in [6.07, 6.45) is 6.08. The van der Waals surface area contributed by atoms with Gasteiger partial charge in [-0.2, -0.15) is 0 Å². The van der Waals surface area contributed by atoms with Gasteiger partial charge in [-0.1, -0.05) is 88.1 Å². The Morgan fingerprint density at radius 2 is 1.20 bits per heavy atom. The lowest BCUT2D eigenvalue weighted by Gasteiger charge is -2.15. The van der Waals surface area contributed by atoms with E-state index < -0.39 is 0 Å². The minimum absolute atomic E-state index is 0.673. The van der Waals surface area contributed by atoms with Gasteiger partial charge in [0.1, 0.15) is 11.2 Å². The molecule has 1 atom stereocenters. The SMILES string of the molecule is [C-]#[N+]c1ccc2c(c1)c1cc(CC(CC)CCCC)ccc1n2-c1ccc2c(c1)c1ccccc1n2-c1ccc2oc3ccccc3c2c1. The van der Waals surface area contributed by atoms with Crippen molar-refractivity contribution >= 4 is 71.2 Å². The summed E-state index contributed by atoms with van der Waals surface area (Å²) in [4.78, 5) is 3.80. The molecule has 49 heavy (non-hydrogen) atoms. The van der Waals surface area contributed by atoms with Crippen LogP contribution in [0.2, 0.25) is 0 Å². The lowest BCUT2D eigenvalue weighted by Crippen LogP contribution is -2.03. The molecule has 0 amide bonds. The van der Waals surface area contributed by atoms with Crippen LogP contribution in [0.15, 0.2) is 126 Å². The van der Waals surface area contributed by atoms with Gasteiger partial charge in [-0.25, -0.2) is 4.85 Å². The number of rotatable bonds is 8. The molecular weight excluding hydrogens is 599 g/mol. The number of furan rings is 1. The van der Waals surface area contributed by atoms with Crippen molar-refractivity contribution in [3.63, 3.8) is 0 Å². The largest absolute Gasteiger partial charge is 0.456 e. The van der Waals surface area contributed by atoms with Crippen LogP contribution in [0, 0.1) is 12.5 Å². The molecule has 4 nitrogen and oxygen atoms in total. The first-order valence-electron chi connectivity index (χ1n) is 17.5. The first-order chi connectivity index (χ1) is 24.1. The highest BCUT2D eigenvalue weighted by Crippen LogP contribution is 2.39. The van der Waals surface area contributed by atoms with Gasteiger partial charge < -0.3 is 13.6 Å². The summed E-state index contributed by atoms with van der Waals surface area (Å²) in [5.41, 5.74) is 10.7. The van der Waals surface area contributed by atoms with Crippen LogP contribution >= 0.6 is 0 Å². The fourth-order valence-electron chi connectivity index (χ4n) is 8.04. The summed E-state index contributed by atoms with van der Waals surface area (Å²) < 4.78 is 10.9. The monoisotopic (exact) mass is 635 g/mol. The second-order valence-electron chi connectivity index (χ2n) is 13.5. The zero-order valence-corrected chi connectivity index (χ0v) is 27.9. The molecule has 3 aromatic heterocycles. The topological polar surface area (TPSA) is 27.4 Å². The van der Waals surface area contributed by atoms with Crippen LogP contribution in [0.25, 0.3) is 81.8 Å². The zero-order chi connectivity index (χ0) is 33.1. The van der Waals surface area contributed by atoms with Gasteiger partial charge in [-0.05, 0) is 96.1 Å². The molecule has 3 heterocycles. The van der Waals surface area contributed by atoms with E-state index in [0.717, 1.165) is 56.2 Å². The molecular formula is C45H37N3O. The van der Waals surface area contributed by atoms with E-state index in [1.807, 2.05) is 18.2 Å². The van der Waals surface area contributed by atoms with E-state index >= 15 is 0 Å². The summed E-state index contributed by atoms with van der Waals surface area (Å²) in [5, 5.41) is 7.02. The molecule has 1 unspecified atom stereocenters. The zero-order valence-electron chi connectivity index (χ0n) is 27.9. The third-order valence-electron chi connectivity index (χ3n) is 10.5. The molecule has 0 aliphatic carbocycles. The molecule has 4 heteroatoms. The highest BCUT2D eigenvalue weighted by atomic mass is 16.3. The minimum atomic E-state index is 0.673. The van der Waals surface area contributed by atoms with E-state index in [1.165, 1.54) is 58.4 Å². The van der Waals surface area contributed by atoms with Gasteiger partial charge in [0.15, 0.2) is 5.69 Å². The van der Waals surface area contributed by atoms with Crippen molar-refractivity contribution in [2.75, 3.05) is 0 Å². The van der Waals surface area contributed by atoms with E-state index in [0.29, 0.717) is 11.6 Å². The van der Waals surface area contributed by atoms with Gasteiger partial charge in [-0.3, -0.25) is 0 Å². The van der Waals surface area contributed by atoms with Gasteiger partial charge in [0.2, 0.25) is 0 Å². The molecule has 0 aliphatic rings. The highest BCUT2D eigenvalue weighted by Gasteiger charge is 2.18. The van der Waals surface area contributed by atoms with E-state index in [-0.39, 0.29) is 0 Å². The Hall–Kier alpha value is -5.79. The predicted octanol–water partition coefficient (Wildman–Crippen LogP) is 13.1. The van der Waals surface area contributed by atoms with E-state index in [2.05, 4.69) is 131 Å². The lowest BCUT2D eigenvalue weighted by atomic mass is 9.91. The van der Waals surface area contributed by atoms with Crippen molar-refractivity contribution in [2.24, 2.45) is 5.92 Å². The number of hydrogen-bond donors (Lipinski definition) is 0. The molecule has 0 aliphatic heterocycles. The normalized spacial score (nSPS) is 12.6. The lowest BCUT2D eigenvalue weighted by molar-refractivity contribution is 0.449. The predicted molar refractivity (Wildman–Crippen MR) is 206 cm³/mol. The molecule has 9 aromatic rings. The third kappa shape index (κ3) is 4.72. The van der Waals surface area contributed by atoms with Crippen LogP contribution in [0.1, 0.15) is 45.1 Å². The molecule has 0 bridgehead atoms. The first kappa shape index (κ1) is 29.4. The number of aromatic nitrogens is 2. The van der Waals surface area contributed by atoms with Crippen LogP contribution < -0.4 is 0 Å². The standard InChI is InChI=1S/C45H37N3O/c1-4-6-11-29(5-2)24-30-16-20-41-36(25-30)37-26-31(46-3)17-21-42(37)48(41)32-18-22-43-38(27-32)34-12-7-9-14-40(34)47(43)33-19-23-45-39(28-33)35-13-8-10-15-44(35)49-45/h7-10,12-23,25-29H,4-6,11,24H2,1-2H3. The van der Waals surface area contributed by atoms with Gasteiger partial charge in [0.25, 0.3) is 0 Å². The van der Waals surface area contributed by atoms with Gasteiger partial charge >= 0.3 is 0 Å². The summed E-state index contributed by atoms with van der Waals surface area (Å²) in [6.45, 7) is 12.3. The van der Waals surface area contributed by atoms with E-state index in [1.54, 1.807) is 0 Å². The Kier molecular flexibility index (Phi) is 7.02. The fourth-order valence-corrected chi connectivity index (χ4v) is 8.04. The first-order valence-corrected chi connectivity index (χ1v) is 17.5. The molecule has 0 saturated carbocycles. The molecule has 0 fully saturated rings. The maximum atomic E-state index is 7.75. The van der Waals surface area contributed by atoms with E-state index in [4.69, 9.17) is 11.0 Å². The summed E-state index contributed by atoms with van der Waals surface area (Å²) in [5.74, 6) is 0.692. The fraction of sp³-hybridized carbons (Fsp3) is 0.178. The van der Waals surface area contributed by atoms with Crippen molar-refractivity contribution in [3.8, 4) is 11.4 Å². The van der Waals surface area contributed by atoms with Crippen molar-refractivity contribution in [2.45, 2.75) is 46.0 Å². The van der Waals surface area contributed by atoms with Crippen LogP contribution in [0.5, 0.6) is 0 Å². The average Bonchev–Trinajstić information content (AvgIpc) is 3.79. The molecule has 9 rings (SSSR count). The van der Waals surface area contributed by atoms with Gasteiger partial charge in [0, 0.05) is 38.3 Å². The number of nitrogens with zero attached hydrogens (tertiary/aromatic N) is 3. The second-order valence-corrected chi connectivity index (χ2v) is 13.5. The van der Waals surface area contributed by atoms with E-state index in [9.17, 15) is 0 Å². The Morgan fingerprint density at radius 1 is 0.592 bits per heavy atom. The molecule has 0 saturated heterocycles. The Morgan fingerprint density at radius 3 is 1.98 bits per heavy atom. The smallest absolute Gasteiger partial charge is 0.188 e. The quantitative estimate of drug-likeness (QED) is 0.153. The summed E-state index contributed by atoms with van der Waals surface area (Å²) >= 11 is 0. The van der Waals surface area contributed by atoms with Crippen molar-refractivity contribution in [3.05, 3.63) is 138 Å². The maximum Gasteiger partial charge on any atom is 0.188 e. The number of hydrogen-bond acceptors (Lipinski definition) is 1. The molecule has 238 valence electrons. The van der Waals surface area contributed by atoms with Gasteiger partial charge in [-0.15, -0.1) is 0 Å². The number of para-hydroxylation sites is 2. The second kappa shape index (κ2) is 11.7. The number of benzene rings is 6. The molecule has 0 N–H and O–H groups in total.